The maximum atomic E-state index is 13.4. The minimum absolute atomic E-state index is 0.0680. The molecule has 1 aromatic heterocycles. The van der Waals surface area contributed by atoms with Crippen LogP contribution in [-0.4, -0.2) is 18.8 Å². The lowest BCUT2D eigenvalue weighted by Crippen LogP contribution is -2.36. The first-order valence-electron chi connectivity index (χ1n) is 11.2. The Labute approximate surface area is 207 Å². The van der Waals surface area contributed by atoms with E-state index in [1.165, 1.54) is 0 Å². The number of hydrogen-bond donors (Lipinski definition) is 1. The molecule has 178 valence electrons. The highest BCUT2D eigenvalue weighted by molar-refractivity contribution is 6.30. The minimum atomic E-state index is -0.822. The fourth-order valence-electron chi connectivity index (χ4n) is 4.58. The number of aryl methyl sites for hydroxylation is 1. The molecular formula is C28H24ClNO5. The van der Waals surface area contributed by atoms with Crippen LogP contribution in [0.4, 0.5) is 0 Å². The molecule has 0 fully saturated rings. The lowest BCUT2D eigenvalue weighted by molar-refractivity contribution is 0.0507. The Morgan fingerprint density at radius 1 is 1.14 bits per heavy atom. The molecule has 5 rings (SSSR count). The molecule has 1 amide bonds. The van der Waals surface area contributed by atoms with Gasteiger partial charge in [-0.15, -0.1) is 0 Å². The predicted molar refractivity (Wildman–Crippen MR) is 133 cm³/mol. The first-order chi connectivity index (χ1) is 16.8. The number of carbonyl (C=O) groups is 2. The maximum absolute atomic E-state index is 13.4. The average molecular weight is 490 g/mol. The van der Waals surface area contributed by atoms with Gasteiger partial charge in [-0.3, -0.25) is 9.59 Å². The number of halogens is 1. The van der Waals surface area contributed by atoms with Gasteiger partial charge in [-0.1, -0.05) is 35.9 Å². The summed E-state index contributed by atoms with van der Waals surface area (Å²) >= 11 is 6.03. The molecule has 4 aromatic rings. The Morgan fingerprint density at radius 2 is 1.91 bits per heavy atom. The van der Waals surface area contributed by atoms with Crippen LogP contribution in [0.2, 0.25) is 5.02 Å². The summed E-state index contributed by atoms with van der Waals surface area (Å²) in [5, 5.41) is 4.11. The van der Waals surface area contributed by atoms with Crippen LogP contribution in [0, 0.1) is 6.92 Å². The number of carbonyl (C=O) groups excluding carboxylic acids is 2. The number of fused-ring (bicyclic) bond motifs is 3. The van der Waals surface area contributed by atoms with E-state index in [1.54, 1.807) is 38.3 Å². The minimum Gasteiger partial charge on any atom is -0.497 e. The van der Waals surface area contributed by atoms with Crippen molar-refractivity contribution in [2.45, 2.75) is 32.4 Å². The van der Waals surface area contributed by atoms with E-state index >= 15 is 0 Å². The van der Waals surface area contributed by atoms with Crippen LogP contribution in [0.15, 0.2) is 65.1 Å². The Morgan fingerprint density at radius 3 is 2.66 bits per heavy atom. The lowest BCUT2D eigenvalue weighted by Gasteiger charge is -2.35. The zero-order valence-corrected chi connectivity index (χ0v) is 20.4. The number of ether oxygens (including phenoxy) is 2. The number of methoxy groups -OCH3 is 1. The molecule has 0 aliphatic carbocycles. The number of benzene rings is 3. The van der Waals surface area contributed by atoms with E-state index in [0.717, 1.165) is 11.1 Å². The molecule has 1 atom stereocenters. The zero-order valence-electron chi connectivity index (χ0n) is 19.6. The Bertz CT molecular complexity index is 1460. The lowest BCUT2D eigenvalue weighted by atomic mass is 9.84. The van der Waals surface area contributed by atoms with Gasteiger partial charge in [-0.05, 0) is 61.4 Å². The smallest absolute Gasteiger partial charge is 0.287 e. The van der Waals surface area contributed by atoms with Crippen LogP contribution in [0.25, 0.3) is 11.0 Å². The number of amides is 1. The van der Waals surface area contributed by atoms with Gasteiger partial charge in [0.2, 0.25) is 0 Å². The second-order valence-electron chi connectivity index (χ2n) is 8.84. The number of rotatable bonds is 5. The molecule has 1 aliphatic heterocycles. The fourth-order valence-corrected chi connectivity index (χ4v) is 4.71. The van der Waals surface area contributed by atoms with E-state index in [-0.39, 0.29) is 23.9 Å². The van der Waals surface area contributed by atoms with Crippen molar-refractivity contribution in [3.8, 4) is 11.5 Å². The molecule has 2 heterocycles. The van der Waals surface area contributed by atoms with Crippen molar-refractivity contribution < 1.29 is 23.5 Å². The van der Waals surface area contributed by atoms with Crippen LogP contribution in [0.3, 0.4) is 0 Å². The van der Waals surface area contributed by atoms with E-state index in [4.69, 9.17) is 25.5 Å². The van der Waals surface area contributed by atoms with Crippen molar-refractivity contribution in [1.29, 1.82) is 0 Å². The molecule has 6 nitrogen and oxygen atoms in total. The molecule has 3 aromatic carbocycles. The third kappa shape index (κ3) is 4.15. The first-order valence-corrected chi connectivity index (χ1v) is 11.6. The van der Waals surface area contributed by atoms with Crippen LogP contribution in [0.5, 0.6) is 11.5 Å². The summed E-state index contributed by atoms with van der Waals surface area (Å²) in [6.45, 7) is 3.99. The topological polar surface area (TPSA) is 77.8 Å². The van der Waals surface area contributed by atoms with Gasteiger partial charge in [0.15, 0.2) is 11.5 Å². The van der Waals surface area contributed by atoms with Crippen molar-refractivity contribution >= 4 is 34.3 Å². The van der Waals surface area contributed by atoms with Gasteiger partial charge in [-0.25, -0.2) is 0 Å². The third-order valence-corrected chi connectivity index (χ3v) is 6.67. The Hall–Kier alpha value is -3.77. The Balaban J connectivity index is 1.45. The molecule has 0 saturated heterocycles. The molecule has 0 radical (unpaired) electrons. The van der Waals surface area contributed by atoms with Gasteiger partial charge >= 0.3 is 0 Å². The van der Waals surface area contributed by atoms with Crippen LogP contribution in [-0.2, 0) is 12.1 Å². The van der Waals surface area contributed by atoms with E-state index in [2.05, 4.69) is 5.32 Å². The molecule has 1 aliphatic rings. The molecule has 0 bridgehead atoms. The highest BCUT2D eigenvalue weighted by Crippen LogP contribution is 2.44. The monoisotopic (exact) mass is 489 g/mol. The summed E-state index contributed by atoms with van der Waals surface area (Å²) < 4.78 is 17.5. The van der Waals surface area contributed by atoms with Crippen molar-refractivity contribution in [3.63, 3.8) is 0 Å². The quantitative estimate of drug-likeness (QED) is 0.360. The summed E-state index contributed by atoms with van der Waals surface area (Å²) in [4.78, 5) is 26.4. The summed E-state index contributed by atoms with van der Waals surface area (Å²) in [6.07, 6.45) is 0.155. The number of furan rings is 1. The fraction of sp³-hybridized carbons (Fsp3) is 0.214. The summed E-state index contributed by atoms with van der Waals surface area (Å²) in [5.41, 5.74) is 2.46. The maximum Gasteiger partial charge on any atom is 0.287 e. The SMILES string of the molecule is COc1cccc(CNC(=O)c2oc3ccc4c(c3c2C)C(=O)C[C@@](C)(c2ccc(Cl)cc2)O4)c1. The Kier molecular flexibility index (Phi) is 5.77. The van der Waals surface area contributed by atoms with E-state index in [1.807, 2.05) is 43.3 Å². The van der Waals surface area contributed by atoms with Crippen molar-refractivity contribution in [2.75, 3.05) is 7.11 Å². The van der Waals surface area contributed by atoms with Crippen LogP contribution >= 0.6 is 11.6 Å². The highest BCUT2D eigenvalue weighted by Gasteiger charge is 2.40. The van der Waals surface area contributed by atoms with Crippen molar-refractivity contribution in [2.24, 2.45) is 0 Å². The summed E-state index contributed by atoms with van der Waals surface area (Å²) in [7, 11) is 1.60. The van der Waals surface area contributed by atoms with Gasteiger partial charge in [0.1, 0.15) is 22.7 Å². The van der Waals surface area contributed by atoms with Gasteiger partial charge in [-0.2, -0.15) is 0 Å². The van der Waals surface area contributed by atoms with E-state index < -0.39 is 5.60 Å². The van der Waals surface area contributed by atoms with Crippen LogP contribution in [0.1, 0.15) is 50.9 Å². The summed E-state index contributed by atoms with van der Waals surface area (Å²) in [5.74, 6) is 0.938. The van der Waals surface area contributed by atoms with Gasteiger partial charge < -0.3 is 19.2 Å². The zero-order chi connectivity index (χ0) is 24.7. The molecule has 0 unspecified atom stereocenters. The number of ketones is 1. The third-order valence-electron chi connectivity index (χ3n) is 6.42. The molecule has 1 N–H and O–H groups in total. The average Bonchev–Trinajstić information content (AvgIpc) is 3.19. The normalized spacial score (nSPS) is 17.1. The molecule has 0 saturated carbocycles. The molecule has 7 heteroatoms. The van der Waals surface area contributed by atoms with Crippen LogP contribution < -0.4 is 14.8 Å². The molecule has 0 spiro atoms. The second kappa shape index (κ2) is 8.78. The number of nitrogens with one attached hydrogen (secondary N) is 1. The van der Waals surface area contributed by atoms with Gasteiger partial charge in [0.05, 0.1) is 19.1 Å². The highest BCUT2D eigenvalue weighted by atomic mass is 35.5. The van der Waals surface area contributed by atoms with Gasteiger partial charge in [0.25, 0.3) is 5.91 Å². The summed E-state index contributed by atoms with van der Waals surface area (Å²) in [6, 6.07) is 18.2. The van der Waals surface area contributed by atoms with Crippen molar-refractivity contribution in [1.82, 2.24) is 5.32 Å². The number of Topliss-reactive ketones (excluding diaryl/α,β-unsaturated/α-hetero) is 1. The predicted octanol–water partition coefficient (Wildman–Crippen LogP) is 6.21. The largest absolute Gasteiger partial charge is 0.497 e. The van der Waals surface area contributed by atoms with E-state index in [0.29, 0.717) is 45.2 Å². The van der Waals surface area contributed by atoms with Crippen molar-refractivity contribution in [3.05, 3.63) is 93.7 Å². The molecule has 35 heavy (non-hydrogen) atoms. The number of hydrogen-bond acceptors (Lipinski definition) is 5. The second-order valence-corrected chi connectivity index (χ2v) is 9.28. The molecular weight excluding hydrogens is 466 g/mol. The first kappa shape index (κ1) is 23.0. The van der Waals surface area contributed by atoms with E-state index in [9.17, 15) is 9.59 Å². The van der Waals surface area contributed by atoms with Gasteiger partial charge in [0, 0.05) is 22.5 Å². The standard InChI is InChI=1S/C28H24ClNO5/c1-16-24-22(34-26(16)27(32)30-15-17-5-4-6-20(13-17)33-3)11-12-23-25(24)21(31)14-28(2,35-23)18-7-9-19(29)10-8-18/h4-13H,14-15H2,1-3H3,(H,30,32)/t28-/m0/s1.